The van der Waals surface area contributed by atoms with Crippen molar-refractivity contribution in [3.05, 3.63) is 40.4 Å². The van der Waals surface area contributed by atoms with Crippen LogP contribution in [-0.2, 0) is 4.79 Å². The van der Waals surface area contributed by atoms with Crippen LogP contribution in [0.4, 0.5) is 0 Å². The zero-order valence-corrected chi connectivity index (χ0v) is 9.41. The molecule has 1 rings (SSSR count). The van der Waals surface area contributed by atoms with E-state index in [0.717, 1.165) is 4.47 Å². The van der Waals surface area contributed by atoms with Gasteiger partial charge in [-0.15, -0.1) is 0 Å². The first-order valence-corrected chi connectivity index (χ1v) is 5.12. The van der Waals surface area contributed by atoms with E-state index in [4.69, 9.17) is 0 Å². The van der Waals surface area contributed by atoms with Gasteiger partial charge in [-0.05, 0) is 12.1 Å². The van der Waals surface area contributed by atoms with E-state index >= 15 is 0 Å². The van der Waals surface area contributed by atoms with Crippen molar-refractivity contribution in [2.75, 3.05) is 0 Å². The maximum absolute atomic E-state index is 11.0. The molecule has 0 unspecified atom stereocenters. The van der Waals surface area contributed by atoms with Gasteiger partial charge in [0.05, 0.1) is 0 Å². The molecule has 0 aromatic heterocycles. The molecule has 0 amide bonds. The van der Waals surface area contributed by atoms with Crippen LogP contribution in [0.2, 0.25) is 0 Å². The van der Waals surface area contributed by atoms with Crippen LogP contribution in [-0.4, -0.2) is 10.9 Å². The Morgan fingerprint density at radius 1 is 1.43 bits per heavy atom. The van der Waals surface area contributed by atoms with Crippen LogP contribution in [0.25, 0.3) is 5.76 Å². The molecule has 0 atom stereocenters. The lowest BCUT2D eigenvalue weighted by atomic mass is 10.1. The summed E-state index contributed by atoms with van der Waals surface area (Å²) >= 11 is 3.29. The average molecular weight is 255 g/mol. The molecule has 0 bridgehead atoms. The molecule has 1 aromatic rings. The Balaban J connectivity index is 2.89. The summed E-state index contributed by atoms with van der Waals surface area (Å²) in [6, 6.07) is 7.13. The third-order valence-corrected chi connectivity index (χ3v) is 2.31. The van der Waals surface area contributed by atoms with Crippen molar-refractivity contribution in [2.24, 2.45) is 0 Å². The Kier molecular flexibility index (Phi) is 3.89. The number of benzene rings is 1. The van der Waals surface area contributed by atoms with Gasteiger partial charge in [0.1, 0.15) is 5.76 Å². The fourth-order valence-corrected chi connectivity index (χ4v) is 1.22. The molecule has 0 saturated heterocycles. The van der Waals surface area contributed by atoms with E-state index in [0.29, 0.717) is 12.0 Å². The van der Waals surface area contributed by atoms with Crippen LogP contribution in [0, 0.1) is 0 Å². The fraction of sp³-hybridized carbons (Fsp3) is 0.182. The minimum absolute atomic E-state index is 0.0179. The van der Waals surface area contributed by atoms with Gasteiger partial charge in [-0.1, -0.05) is 35.0 Å². The van der Waals surface area contributed by atoms with E-state index in [1.165, 1.54) is 6.08 Å². The summed E-state index contributed by atoms with van der Waals surface area (Å²) in [6.07, 6.45) is 1.66. The zero-order valence-electron chi connectivity index (χ0n) is 7.83. The van der Waals surface area contributed by atoms with E-state index in [2.05, 4.69) is 15.9 Å². The topological polar surface area (TPSA) is 37.3 Å². The lowest BCUT2D eigenvalue weighted by Gasteiger charge is -1.99. The summed E-state index contributed by atoms with van der Waals surface area (Å²) in [4.78, 5) is 11.0. The SMILES string of the molecule is CCC(=O)/C=C(\O)c1ccc(Br)cc1. The molecular formula is C11H11BrO2. The van der Waals surface area contributed by atoms with Crippen molar-refractivity contribution in [1.29, 1.82) is 0 Å². The molecule has 0 aliphatic heterocycles. The second kappa shape index (κ2) is 4.96. The van der Waals surface area contributed by atoms with Gasteiger partial charge < -0.3 is 5.11 Å². The summed E-state index contributed by atoms with van der Waals surface area (Å²) in [5, 5.41) is 9.54. The molecule has 3 heteroatoms. The minimum Gasteiger partial charge on any atom is -0.507 e. The lowest BCUT2D eigenvalue weighted by Crippen LogP contribution is -1.92. The van der Waals surface area contributed by atoms with Gasteiger partial charge in [-0.3, -0.25) is 4.79 Å². The molecule has 1 N–H and O–H groups in total. The first-order valence-electron chi connectivity index (χ1n) is 4.33. The van der Waals surface area contributed by atoms with Gasteiger partial charge in [0.15, 0.2) is 5.78 Å². The predicted octanol–water partition coefficient (Wildman–Crippen LogP) is 3.33. The Morgan fingerprint density at radius 3 is 2.50 bits per heavy atom. The summed E-state index contributed by atoms with van der Waals surface area (Å²) in [5.74, 6) is -0.0604. The van der Waals surface area contributed by atoms with Crippen molar-refractivity contribution >= 4 is 27.5 Å². The number of allylic oxidation sites excluding steroid dienone is 1. The summed E-state index contributed by atoms with van der Waals surface area (Å²) in [5.41, 5.74) is 0.648. The monoisotopic (exact) mass is 254 g/mol. The number of halogens is 1. The molecular weight excluding hydrogens is 244 g/mol. The molecule has 0 fully saturated rings. The van der Waals surface area contributed by atoms with E-state index in [1.54, 1.807) is 19.1 Å². The van der Waals surface area contributed by atoms with Crippen molar-refractivity contribution in [3.63, 3.8) is 0 Å². The molecule has 14 heavy (non-hydrogen) atoms. The highest BCUT2D eigenvalue weighted by Crippen LogP contribution is 2.15. The van der Waals surface area contributed by atoms with Gasteiger partial charge in [0.2, 0.25) is 0 Å². The van der Waals surface area contributed by atoms with Crippen LogP contribution >= 0.6 is 15.9 Å². The highest BCUT2D eigenvalue weighted by Gasteiger charge is 2.01. The van der Waals surface area contributed by atoms with Crippen molar-refractivity contribution in [1.82, 2.24) is 0 Å². The molecule has 2 nitrogen and oxygen atoms in total. The largest absolute Gasteiger partial charge is 0.507 e. The highest BCUT2D eigenvalue weighted by atomic mass is 79.9. The Bertz CT molecular complexity index is 352. The first kappa shape index (κ1) is 11.0. The third-order valence-electron chi connectivity index (χ3n) is 1.79. The number of rotatable bonds is 3. The molecule has 0 saturated carbocycles. The number of aliphatic hydroxyl groups is 1. The maximum atomic E-state index is 11.0. The standard InChI is InChI=1S/C11H11BrO2/c1-2-10(13)7-11(14)8-3-5-9(12)6-4-8/h3-7,14H,2H2,1H3/b11-7-. The first-order chi connectivity index (χ1) is 6.63. The Labute approximate surface area is 91.4 Å². The third kappa shape index (κ3) is 3.00. The zero-order chi connectivity index (χ0) is 10.6. The van der Waals surface area contributed by atoms with Gasteiger partial charge in [0.25, 0.3) is 0 Å². The Morgan fingerprint density at radius 2 is 2.00 bits per heavy atom. The Hall–Kier alpha value is -1.09. The van der Waals surface area contributed by atoms with Gasteiger partial charge >= 0.3 is 0 Å². The maximum Gasteiger partial charge on any atom is 0.159 e. The van der Waals surface area contributed by atoms with Crippen LogP contribution < -0.4 is 0 Å². The number of aliphatic hydroxyl groups excluding tert-OH is 1. The van der Waals surface area contributed by atoms with Gasteiger partial charge in [0, 0.05) is 22.5 Å². The molecule has 1 aromatic carbocycles. The van der Waals surface area contributed by atoms with Crippen LogP contribution in [0.3, 0.4) is 0 Å². The smallest absolute Gasteiger partial charge is 0.159 e. The quantitative estimate of drug-likeness (QED) is 0.664. The second-order valence-corrected chi connectivity index (χ2v) is 3.77. The lowest BCUT2D eigenvalue weighted by molar-refractivity contribution is -0.114. The van der Waals surface area contributed by atoms with Crippen LogP contribution in [0.15, 0.2) is 34.8 Å². The number of hydrogen-bond acceptors (Lipinski definition) is 2. The molecule has 0 heterocycles. The molecule has 74 valence electrons. The molecule has 0 radical (unpaired) electrons. The number of ketones is 1. The predicted molar refractivity (Wildman–Crippen MR) is 60.0 cm³/mol. The summed E-state index contributed by atoms with van der Waals surface area (Å²) in [6.45, 7) is 1.76. The summed E-state index contributed by atoms with van der Waals surface area (Å²) < 4.78 is 0.941. The van der Waals surface area contributed by atoms with E-state index in [9.17, 15) is 9.90 Å². The average Bonchev–Trinajstić information content (AvgIpc) is 2.18. The van der Waals surface area contributed by atoms with Crippen molar-refractivity contribution in [2.45, 2.75) is 13.3 Å². The van der Waals surface area contributed by atoms with E-state index in [-0.39, 0.29) is 11.5 Å². The van der Waals surface area contributed by atoms with Crippen LogP contribution in [0.5, 0.6) is 0 Å². The fourth-order valence-electron chi connectivity index (χ4n) is 0.959. The van der Waals surface area contributed by atoms with Crippen molar-refractivity contribution < 1.29 is 9.90 Å². The normalized spacial score (nSPS) is 11.4. The minimum atomic E-state index is -0.0783. The molecule has 0 aliphatic carbocycles. The van der Waals surface area contributed by atoms with E-state index < -0.39 is 0 Å². The molecule has 0 spiro atoms. The van der Waals surface area contributed by atoms with Crippen molar-refractivity contribution in [3.8, 4) is 0 Å². The number of hydrogen-bond donors (Lipinski definition) is 1. The highest BCUT2D eigenvalue weighted by molar-refractivity contribution is 9.10. The van der Waals surface area contributed by atoms with Crippen LogP contribution in [0.1, 0.15) is 18.9 Å². The summed E-state index contributed by atoms with van der Waals surface area (Å²) in [7, 11) is 0. The number of carbonyl (C=O) groups is 1. The second-order valence-electron chi connectivity index (χ2n) is 2.86. The number of carbonyl (C=O) groups excluding carboxylic acids is 1. The van der Waals surface area contributed by atoms with Gasteiger partial charge in [-0.2, -0.15) is 0 Å². The van der Waals surface area contributed by atoms with Gasteiger partial charge in [-0.25, -0.2) is 0 Å². The van der Waals surface area contributed by atoms with E-state index in [1.807, 2.05) is 12.1 Å². The molecule has 0 aliphatic rings.